The molecule has 0 atom stereocenters. The molecule has 1 N–H and O–H groups in total. The standard InChI is InChI=1S/C13H19NO4/c1-5-9-8(4)10(12(15)17-6-2)11(14-9)13(16)18-7-3/h14H,5-7H2,1-4H3. The summed E-state index contributed by atoms with van der Waals surface area (Å²) in [6, 6.07) is 0. The summed E-state index contributed by atoms with van der Waals surface area (Å²) in [6.07, 6.45) is 0.706. The molecule has 0 unspecified atom stereocenters. The number of hydrogen-bond acceptors (Lipinski definition) is 4. The Hall–Kier alpha value is -1.78. The first-order valence-electron chi connectivity index (χ1n) is 6.12. The Morgan fingerprint density at radius 1 is 1.06 bits per heavy atom. The van der Waals surface area contributed by atoms with Gasteiger partial charge in [-0.1, -0.05) is 6.92 Å². The molecule has 0 bridgehead atoms. The van der Waals surface area contributed by atoms with Gasteiger partial charge in [0.25, 0.3) is 0 Å². The Kier molecular flexibility index (Phi) is 4.95. The van der Waals surface area contributed by atoms with Gasteiger partial charge in [0.05, 0.1) is 18.8 Å². The second-order valence-electron chi connectivity index (χ2n) is 3.77. The summed E-state index contributed by atoms with van der Waals surface area (Å²) in [5.41, 5.74) is 2.07. The molecule has 0 aliphatic rings. The van der Waals surface area contributed by atoms with Gasteiger partial charge in [-0.05, 0) is 32.8 Å². The lowest BCUT2D eigenvalue weighted by Gasteiger charge is -2.04. The van der Waals surface area contributed by atoms with E-state index >= 15 is 0 Å². The molecular formula is C13H19NO4. The van der Waals surface area contributed by atoms with E-state index in [1.165, 1.54) is 0 Å². The Labute approximate surface area is 106 Å². The van der Waals surface area contributed by atoms with Crippen LogP contribution in [0.1, 0.15) is 52.9 Å². The number of aromatic amines is 1. The minimum atomic E-state index is -0.525. The second-order valence-corrected chi connectivity index (χ2v) is 3.77. The number of aryl methyl sites for hydroxylation is 1. The maximum atomic E-state index is 11.9. The van der Waals surface area contributed by atoms with Gasteiger partial charge in [-0.25, -0.2) is 9.59 Å². The van der Waals surface area contributed by atoms with Crippen molar-refractivity contribution in [2.45, 2.75) is 34.1 Å². The van der Waals surface area contributed by atoms with Crippen molar-refractivity contribution < 1.29 is 19.1 Å². The normalized spacial score (nSPS) is 10.2. The minimum Gasteiger partial charge on any atom is -0.462 e. The molecule has 5 heteroatoms. The number of aromatic nitrogens is 1. The SMILES string of the molecule is CCOC(=O)c1[nH]c(CC)c(C)c1C(=O)OCC. The van der Waals surface area contributed by atoms with Crippen molar-refractivity contribution in [2.24, 2.45) is 0 Å². The highest BCUT2D eigenvalue weighted by molar-refractivity contribution is 6.03. The molecular weight excluding hydrogens is 234 g/mol. The van der Waals surface area contributed by atoms with Crippen LogP contribution >= 0.6 is 0 Å². The topological polar surface area (TPSA) is 68.4 Å². The fourth-order valence-corrected chi connectivity index (χ4v) is 1.81. The van der Waals surface area contributed by atoms with Gasteiger partial charge < -0.3 is 14.5 Å². The molecule has 1 aromatic heterocycles. The molecule has 100 valence electrons. The first-order chi connectivity index (χ1) is 8.56. The van der Waals surface area contributed by atoms with E-state index in [0.29, 0.717) is 6.42 Å². The largest absolute Gasteiger partial charge is 0.462 e. The summed E-state index contributed by atoms with van der Waals surface area (Å²) in [5.74, 6) is -1.02. The van der Waals surface area contributed by atoms with Gasteiger partial charge in [-0.3, -0.25) is 0 Å². The lowest BCUT2D eigenvalue weighted by atomic mass is 10.1. The average molecular weight is 253 g/mol. The summed E-state index contributed by atoms with van der Waals surface area (Å²) in [6.45, 7) is 7.73. The van der Waals surface area contributed by atoms with Gasteiger partial charge in [0.1, 0.15) is 5.69 Å². The smallest absolute Gasteiger partial charge is 0.355 e. The summed E-state index contributed by atoms with van der Waals surface area (Å²) >= 11 is 0. The zero-order valence-electron chi connectivity index (χ0n) is 11.3. The van der Waals surface area contributed by atoms with Gasteiger partial charge >= 0.3 is 11.9 Å². The van der Waals surface area contributed by atoms with E-state index in [0.717, 1.165) is 11.3 Å². The first kappa shape index (κ1) is 14.3. The zero-order valence-corrected chi connectivity index (χ0v) is 11.3. The number of hydrogen-bond donors (Lipinski definition) is 1. The number of H-pyrrole nitrogens is 1. The van der Waals surface area contributed by atoms with Crippen LogP contribution in [0.3, 0.4) is 0 Å². The molecule has 0 saturated heterocycles. The molecule has 0 aromatic carbocycles. The highest BCUT2D eigenvalue weighted by Crippen LogP contribution is 2.21. The molecule has 0 amide bonds. The van der Waals surface area contributed by atoms with Gasteiger partial charge in [0.15, 0.2) is 0 Å². The first-order valence-corrected chi connectivity index (χ1v) is 6.12. The molecule has 1 heterocycles. The Morgan fingerprint density at radius 3 is 2.11 bits per heavy atom. The van der Waals surface area contributed by atoms with Crippen LogP contribution in [0.5, 0.6) is 0 Å². The van der Waals surface area contributed by atoms with Crippen molar-refractivity contribution in [3.8, 4) is 0 Å². The Balaban J connectivity index is 3.23. The van der Waals surface area contributed by atoms with Crippen molar-refractivity contribution >= 4 is 11.9 Å². The van der Waals surface area contributed by atoms with E-state index in [1.54, 1.807) is 20.8 Å². The van der Waals surface area contributed by atoms with E-state index in [1.807, 2.05) is 6.92 Å². The minimum absolute atomic E-state index is 0.185. The quantitative estimate of drug-likeness (QED) is 0.817. The van der Waals surface area contributed by atoms with Crippen LogP contribution in [0.25, 0.3) is 0 Å². The lowest BCUT2D eigenvalue weighted by molar-refractivity contribution is 0.0475. The van der Waals surface area contributed by atoms with Crippen molar-refractivity contribution in [1.29, 1.82) is 0 Å². The predicted octanol–water partition coefficient (Wildman–Crippen LogP) is 2.24. The van der Waals surface area contributed by atoms with E-state index in [9.17, 15) is 9.59 Å². The van der Waals surface area contributed by atoms with Gasteiger partial charge in [0, 0.05) is 5.69 Å². The molecule has 1 rings (SSSR count). The summed E-state index contributed by atoms with van der Waals surface area (Å²) < 4.78 is 9.90. The fraction of sp³-hybridized carbons (Fsp3) is 0.538. The highest BCUT2D eigenvalue weighted by atomic mass is 16.5. The summed E-state index contributed by atoms with van der Waals surface area (Å²) in [4.78, 5) is 26.6. The molecule has 0 aliphatic heterocycles. The third-order valence-electron chi connectivity index (χ3n) is 2.67. The van der Waals surface area contributed by atoms with Crippen LogP contribution in [0.4, 0.5) is 0 Å². The van der Waals surface area contributed by atoms with Crippen molar-refractivity contribution in [1.82, 2.24) is 4.98 Å². The maximum Gasteiger partial charge on any atom is 0.355 e. The molecule has 0 saturated carbocycles. The van der Waals surface area contributed by atoms with Crippen LogP contribution < -0.4 is 0 Å². The molecule has 0 radical (unpaired) electrons. The van der Waals surface area contributed by atoms with E-state index in [2.05, 4.69) is 4.98 Å². The lowest BCUT2D eigenvalue weighted by Crippen LogP contribution is -2.13. The fourth-order valence-electron chi connectivity index (χ4n) is 1.81. The molecule has 18 heavy (non-hydrogen) atoms. The molecule has 0 aliphatic carbocycles. The molecule has 0 fully saturated rings. The third-order valence-corrected chi connectivity index (χ3v) is 2.67. The summed E-state index contributed by atoms with van der Waals surface area (Å²) in [5, 5.41) is 0. The number of carbonyl (C=O) groups is 2. The van der Waals surface area contributed by atoms with Crippen molar-refractivity contribution in [2.75, 3.05) is 13.2 Å². The monoisotopic (exact) mass is 253 g/mol. The van der Waals surface area contributed by atoms with E-state index in [-0.39, 0.29) is 24.5 Å². The van der Waals surface area contributed by atoms with E-state index < -0.39 is 11.9 Å². The summed E-state index contributed by atoms with van der Waals surface area (Å²) in [7, 11) is 0. The van der Waals surface area contributed by atoms with Crippen LogP contribution in [-0.4, -0.2) is 30.1 Å². The average Bonchev–Trinajstić information content (AvgIpc) is 2.67. The zero-order chi connectivity index (χ0) is 13.7. The Bertz CT molecular complexity index is 448. The predicted molar refractivity (Wildman–Crippen MR) is 66.8 cm³/mol. The molecule has 5 nitrogen and oxygen atoms in total. The number of ether oxygens (including phenoxy) is 2. The second kappa shape index (κ2) is 6.23. The number of rotatable bonds is 5. The molecule has 1 aromatic rings. The third kappa shape index (κ3) is 2.72. The van der Waals surface area contributed by atoms with Crippen LogP contribution in [0.2, 0.25) is 0 Å². The highest BCUT2D eigenvalue weighted by Gasteiger charge is 2.25. The van der Waals surface area contributed by atoms with Crippen molar-refractivity contribution in [3.05, 3.63) is 22.5 Å². The maximum absolute atomic E-state index is 11.9. The molecule has 0 spiro atoms. The van der Waals surface area contributed by atoms with Gasteiger partial charge in [-0.15, -0.1) is 0 Å². The van der Waals surface area contributed by atoms with Crippen LogP contribution in [0, 0.1) is 6.92 Å². The Morgan fingerprint density at radius 2 is 1.61 bits per heavy atom. The van der Waals surface area contributed by atoms with Crippen LogP contribution in [-0.2, 0) is 15.9 Å². The number of esters is 2. The van der Waals surface area contributed by atoms with E-state index in [4.69, 9.17) is 9.47 Å². The van der Waals surface area contributed by atoms with Crippen LogP contribution in [0.15, 0.2) is 0 Å². The van der Waals surface area contributed by atoms with Crippen molar-refractivity contribution in [3.63, 3.8) is 0 Å². The number of nitrogens with one attached hydrogen (secondary N) is 1. The number of carbonyl (C=O) groups excluding carboxylic acids is 2. The van der Waals surface area contributed by atoms with Gasteiger partial charge in [0.2, 0.25) is 0 Å². The van der Waals surface area contributed by atoms with Gasteiger partial charge in [-0.2, -0.15) is 0 Å².